The number of amides is 1. The summed E-state index contributed by atoms with van der Waals surface area (Å²) in [6.45, 7) is 3.90. The normalized spacial score (nSPS) is 11.0. The summed E-state index contributed by atoms with van der Waals surface area (Å²) in [7, 11) is 0. The first-order chi connectivity index (χ1) is 14.7. The van der Waals surface area contributed by atoms with Crippen molar-refractivity contribution in [3.63, 3.8) is 0 Å². The van der Waals surface area contributed by atoms with Crippen LogP contribution in [0.5, 0.6) is 0 Å². The fourth-order valence-electron chi connectivity index (χ4n) is 3.38. The second kappa shape index (κ2) is 8.91. The van der Waals surface area contributed by atoms with Crippen molar-refractivity contribution < 1.29 is 4.79 Å². The fraction of sp³-hybridized carbons (Fsp3) is 0.0833. The van der Waals surface area contributed by atoms with Crippen LogP contribution >= 0.6 is 55.1 Å². The molecule has 0 aliphatic rings. The van der Waals surface area contributed by atoms with E-state index in [4.69, 9.17) is 28.2 Å². The second-order valence-corrected chi connectivity index (χ2v) is 9.83. The van der Waals surface area contributed by atoms with Crippen molar-refractivity contribution in [1.82, 2.24) is 4.98 Å². The van der Waals surface area contributed by atoms with Gasteiger partial charge < -0.3 is 5.32 Å². The molecule has 0 bridgehead atoms. The van der Waals surface area contributed by atoms with Crippen molar-refractivity contribution in [1.29, 1.82) is 0 Å². The SMILES string of the molecule is Cc1cc(Br)c(Cl)cc1NC(=O)c1cc(-c2ccc(Cl)cc2)nc2c(C)cc(Br)cc12. The van der Waals surface area contributed by atoms with Crippen molar-refractivity contribution in [2.45, 2.75) is 13.8 Å². The highest BCUT2D eigenvalue weighted by molar-refractivity contribution is 9.10. The lowest BCUT2D eigenvalue weighted by Crippen LogP contribution is -2.14. The maximum Gasteiger partial charge on any atom is 0.256 e. The molecule has 0 aliphatic carbocycles. The summed E-state index contributed by atoms with van der Waals surface area (Å²) in [5.74, 6) is -0.235. The number of benzene rings is 3. The number of aromatic nitrogens is 1. The zero-order valence-corrected chi connectivity index (χ0v) is 21.2. The minimum atomic E-state index is -0.235. The number of nitrogens with one attached hydrogen (secondary N) is 1. The maximum absolute atomic E-state index is 13.4. The summed E-state index contributed by atoms with van der Waals surface area (Å²) in [6, 6.07) is 16.7. The van der Waals surface area contributed by atoms with Crippen molar-refractivity contribution >= 4 is 77.6 Å². The molecule has 4 aromatic rings. The molecule has 0 unspecified atom stereocenters. The standard InChI is InChI=1S/C24H16Br2Cl2N2O/c1-12-8-19(26)20(28)11-21(12)30-24(31)18-10-22(14-3-5-16(27)6-4-14)29-23-13(2)7-15(25)9-17(18)23/h3-11H,1-2H3,(H,30,31). The molecule has 0 saturated carbocycles. The highest BCUT2D eigenvalue weighted by atomic mass is 79.9. The molecule has 1 heterocycles. The van der Waals surface area contributed by atoms with Crippen LogP contribution in [0, 0.1) is 13.8 Å². The number of aryl methyl sites for hydroxylation is 2. The fourth-order valence-corrected chi connectivity index (χ4v) is 4.70. The Morgan fingerprint density at radius 1 is 0.935 bits per heavy atom. The Labute approximate surface area is 207 Å². The van der Waals surface area contributed by atoms with Crippen LogP contribution in [0.1, 0.15) is 21.5 Å². The van der Waals surface area contributed by atoms with E-state index in [0.29, 0.717) is 27.0 Å². The van der Waals surface area contributed by atoms with Crippen LogP contribution < -0.4 is 5.32 Å². The molecule has 0 radical (unpaired) electrons. The number of carbonyl (C=O) groups is 1. The molecule has 0 saturated heterocycles. The Morgan fingerprint density at radius 3 is 2.35 bits per heavy atom. The van der Waals surface area contributed by atoms with Gasteiger partial charge in [0, 0.05) is 30.6 Å². The first-order valence-electron chi connectivity index (χ1n) is 9.37. The third-order valence-electron chi connectivity index (χ3n) is 4.97. The Hall–Kier alpha value is -1.92. The van der Waals surface area contributed by atoms with Gasteiger partial charge in [-0.15, -0.1) is 0 Å². The minimum absolute atomic E-state index is 0.235. The highest BCUT2D eigenvalue weighted by Gasteiger charge is 2.17. The molecule has 3 nitrogen and oxygen atoms in total. The van der Waals surface area contributed by atoms with E-state index < -0.39 is 0 Å². The molecule has 31 heavy (non-hydrogen) atoms. The van der Waals surface area contributed by atoms with Crippen molar-refractivity contribution in [2.75, 3.05) is 5.32 Å². The molecule has 0 spiro atoms. The molecule has 1 amide bonds. The molecule has 1 aromatic heterocycles. The average molecular weight is 579 g/mol. The molecule has 0 atom stereocenters. The number of anilines is 1. The summed E-state index contributed by atoms with van der Waals surface area (Å²) < 4.78 is 1.67. The highest BCUT2D eigenvalue weighted by Crippen LogP contribution is 2.32. The largest absolute Gasteiger partial charge is 0.322 e. The first-order valence-corrected chi connectivity index (χ1v) is 11.7. The summed E-state index contributed by atoms with van der Waals surface area (Å²) in [5, 5.41) is 4.94. The van der Waals surface area contributed by atoms with Crippen molar-refractivity contribution in [2.24, 2.45) is 0 Å². The number of halogens is 4. The molecule has 3 aromatic carbocycles. The van der Waals surface area contributed by atoms with E-state index in [1.165, 1.54) is 0 Å². The van der Waals surface area contributed by atoms with Gasteiger partial charge in [0.05, 0.1) is 21.8 Å². The molecule has 156 valence electrons. The van der Waals surface area contributed by atoms with Gasteiger partial charge in [0.25, 0.3) is 5.91 Å². The van der Waals surface area contributed by atoms with Gasteiger partial charge in [-0.25, -0.2) is 4.98 Å². The zero-order chi connectivity index (χ0) is 22.3. The van der Waals surface area contributed by atoms with Gasteiger partial charge >= 0.3 is 0 Å². The van der Waals surface area contributed by atoms with E-state index in [1.807, 2.05) is 62.4 Å². The lowest BCUT2D eigenvalue weighted by atomic mass is 10.0. The van der Waals surface area contributed by atoms with E-state index >= 15 is 0 Å². The first kappa shape index (κ1) is 22.3. The minimum Gasteiger partial charge on any atom is -0.322 e. The van der Waals surface area contributed by atoms with Crippen LogP contribution in [-0.2, 0) is 0 Å². The lowest BCUT2D eigenvalue weighted by Gasteiger charge is -2.14. The third kappa shape index (κ3) is 4.65. The number of rotatable bonds is 3. The van der Waals surface area contributed by atoms with Gasteiger partial charge in [-0.2, -0.15) is 0 Å². The number of pyridine rings is 1. The molecular formula is C24H16Br2Cl2N2O. The van der Waals surface area contributed by atoms with Gasteiger partial charge in [-0.1, -0.05) is 51.3 Å². The number of nitrogens with zero attached hydrogens (tertiary/aromatic N) is 1. The van der Waals surface area contributed by atoms with Gasteiger partial charge in [0.1, 0.15) is 0 Å². The summed E-state index contributed by atoms with van der Waals surface area (Å²) >= 11 is 19.2. The van der Waals surface area contributed by atoms with E-state index in [9.17, 15) is 4.79 Å². The lowest BCUT2D eigenvalue weighted by molar-refractivity contribution is 0.102. The van der Waals surface area contributed by atoms with E-state index in [1.54, 1.807) is 6.07 Å². The number of fused-ring (bicyclic) bond motifs is 1. The van der Waals surface area contributed by atoms with Crippen LogP contribution in [0.25, 0.3) is 22.2 Å². The predicted molar refractivity (Wildman–Crippen MR) is 136 cm³/mol. The molecular weight excluding hydrogens is 563 g/mol. The average Bonchev–Trinajstić information content (AvgIpc) is 2.72. The van der Waals surface area contributed by atoms with Crippen LogP contribution in [0.4, 0.5) is 5.69 Å². The Balaban J connectivity index is 1.88. The van der Waals surface area contributed by atoms with Gasteiger partial charge in [0.2, 0.25) is 0 Å². The van der Waals surface area contributed by atoms with Crippen LogP contribution in [0.2, 0.25) is 10.0 Å². The monoisotopic (exact) mass is 576 g/mol. The van der Waals surface area contributed by atoms with E-state index in [2.05, 4.69) is 37.2 Å². The van der Waals surface area contributed by atoms with E-state index in [-0.39, 0.29) is 5.91 Å². The third-order valence-corrected chi connectivity index (χ3v) is 6.88. The number of hydrogen-bond donors (Lipinski definition) is 1. The van der Waals surface area contributed by atoms with Gasteiger partial charge in [-0.05, 0) is 83.4 Å². The van der Waals surface area contributed by atoms with Crippen LogP contribution in [0.3, 0.4) is 0 Å². The second-order valence-electron chi connectivity index (χ2n) is 7.22. The zero-order valence-electron chi connectivity index (χ0n) is 16.6. The quantitative estimate of drug-likeness (QED) is 0.264. The topological polar surface area (TPSA) is 42.0 Å². The Kier molecular flexibility index (Phi) is 6.40. The molecule has 7 heteroatoms. The maximum atomic E-state index is 13.4. The van der Waals surface area contributed by atoms with Crippen LogP contribution in [-0.4, -0.2) is 10.9 Å². The predicted octanol–water partition coefficient (Wildman–Crippen LogP) is 8.60. The molecule has 4 rings (SSSR count). The van der Waals surface area contributed by atoms with Crippen LogP contribution in [0.15, 0.2) is 63.5 Å². The van der Waals surface area contributed by atoms with Crippen molar-refractivity contribution in [3.05, 3.63) is 90.3 Å². The smallest absolute Gasteiger partial charge is 0.256 e. The van der Waals surface area contributed by atoms with Gasteiger partial charge in [-0.3, -0.25) is 4.79 Å². The Bertz CT molecular complexity index is 1340. The summed E-state index contributed by atoms with van der Waals surface area (Å²) in [5.41, 5.74) is 5.40. The Morgan fingerprint density at radius 2 is 1.65 bits per heavy atom. The molecule has 0 fully saturated rings. The van der Waals surface area contributed by atoms with Crippen molar-refractivity contribution in [3.8, 4) is 11.3 Å². The number of carbonyl (C=O) groups excluding carboxylic acids is 1. The van der Waals surface area contributed by atoms with Gasteiger partial charge in [0.15, 0.2) is 0 Å². The summed E-state index contributed by atoms with van der Waals surface area (Å²) in [6.07, 6.45) is 0. The molecule has 0 aliphatic heterocycles. The summed E-state index contributed by atoms with van der Waals surface area (Å²) in [4.78, 5) is 18.2. The van der Waals surface area contributed by atoms with E-state index in [0.717, 1.165) is 36.5 Å². The molecule has 1 N–H and O–H groups in total. The number of hydrogen-bond acceptors (Lipinski definition) is 2.